The van der Waals surface area contributed by atoms with Gasteiger partial charge in [0.05, 0.1) is 11.5 Å². The highest BCUT2D eigenvalue weighted by atomic mass is 32.2. The summed E-state index contributed by atoms with van der Waals surface area (Å²) in [6, 6.07) is 4.82. The van der Waals surface area contributed by atoms with Gasteiger partial charge in [-0.15, -0.1) is 0 Å². The molecule has 1 N–H and O–H groups in total. The number of benzene rings is 1. The third-order valence-corrected chi connectivity index (χ3v) is 7.02. The second kappa shape index (κ2) is 7.75. The fourth-order valence-electron chi connectivity index (χ4n) is 3.60. The van der Waals surface area contributed by atoms with Gasteiger partial charge in [-0.1, -0.05) is 6.07 Å². The van der Waals surface area contributed by atoms with Crippen LogP contribution < -0.4 is 10.9 Å². The van der Waals surface area contributed by atoms with E-state index in [0.29, 0.717) is 35.4 Å². The highest BCUT2D eigenvalue weighted by molar-refractivity contribution is 7.91. The lowest BCUT2D eigenvalue weighted by molar-refractivity contribution is 0.558. The number of aromatic nitrogens is 3. The largest absolute Gasteiger partial charge is 0.351 e. The standard InChI is InChI=1S/C20H20F2N4O3S/c1-26-18-14(9-13(19(26)27)8-12-2-3-15(21)10-17(12)22)11-23-20(25-18)24-16-4-6-30(28,29)7-5-16/h2-3,9-11,16H,4-8H2,1H3,(H,23,24,25). The number of pyridine rings is 1. The van der Waals surface area contributed by atoms with Gasteiger partial charge < -0.3 is 5.32 Å². The molecule has 0 atom stereocenters. The number of fused-ring (bicyclic) bond motifs is 1. The van der Waals surface area contributed by atoms with Crippen LogP contribution >= 0.6 is 0 Å². The monoisotopic (exact) mass is 434 g/mol. The summed E-state index contributed by atoms with van der Waals surface area (Å²) in [7, 11) is -1.40. The van der Waals surface area contributed by atoms with Crippen LogP contribution in [-0.2, 0) is 23.3 Å². The number of nitrogens with one attached hydrogen (secondary N) is 1. The first kappa shape index (κ1) is 20.4. The minimum atomic E-state index is -2.96. The fraction of sp³-hybridized carbons (Fsp3) is 0.350. The summed E-state index contributed by atoms with van der Waals surface area (Å²) < 4.78 is 51.6. The van der Waals surface area contributed by atoms with Crippen LogP contribution in [0.5, 0.6) is 0 Å². The maximum Gasteiger partial charge on any atom is 0.255 e. The van der Waals surface area contributed by atoms with Crippen molar-refractivity contribution in [1.82, 2.24) is 14.5 Å². The molecule has 10 heteroatoms. The first-order valence-electron chi connectivity index (χ1n) is 9.48. The zero-order chi connectivity index (χ0) is 21.5. The van der Waals surface area contributed by atoms with E-state index in [1.54, 1.807) is 19.3 Å². The Morgan fingerprint density at radius 3 is 2.60 bits per heavy atom. The molecule has 0 bridgehead atoms. The number of rotatable bonds is 4. The van der Waals surface area contributed by atoms with E-state index in [1.165, 1.54) is 10.6 Å². The molecule has 1 aliphatic heterocycles. The van der Waals surface area contributed by atoms with E-state index >= 15 is 0 Å². The summed E-state index contributed by atoms with van der Waals surface area (Å²) in [5, 5.41) is 3.74. The van der Waals surface area contributed by atoms with Gasteiger partial charge in [-0.25, -0.2) is 22.2 Å². The van der Waals surface area contributed by atoms with Crippen LogP contribution in [0.25, 0.3) is 11.0 Å². The Balaban J connectivity index is 1.61. The van der Waals surface area contributed by atoms with Gasteiger partial charge >= 0.3 is 0 Å². The highest BCUT2D eigenvalue weighted by Crippen LogP contribution is 2.19. The summed E-state index contributed by atoms with van der Waals surface area (Å²) >= 11 is 0. The molecule has 4 rings (SSSR count). The molecule has 0 radical (unpaired) electrons. The van der Waals surface area contributed by atoms with Crippen molar-refractivity contribution in [3.05, 3.63) is 63.6 Å². The Morgan fingerprint density at radius 1 is 1.17 bits per heavy atom. The minimum absolute atomic E-state index is 0.0191. The zero-order valence-corrected chi connectivity index (χ0v) is 17.0. The zero-order valence-electron chi connectivity index (χ0n) is 16.2. The number of aryl methyl sites for hydroxylation is 1. The van der Waals surface area contributed by atoms with Crippen molar-refractivity contribution in [2.24, 2.45) is 7.05 Å². The first-order valence-corrected chi connectivity index (χ1v) is 11.3. The van der Waals surface area contributed by atoms with Crippen LogP contribution in [0.15, 0.2) is 35.3 Å². The van der Waals surface area contributed by atoms with E-state index in [1.807, 2.05) is 0 Å². The summed E-state index contributed by atoms with van der Waals surface area (Å²) in [6.45, 7) is 0. The molecular weight excluding hydrogens is 414 g/mol. The molecule has 0 spiro atoms. The molecule has 7 nitrogen and oxygen atoms in total. The molecule has 1 fully saturated rings. The third-order valence-electron chi connectivity index (χ3n) is 5.31. The van der Waals surface area contributed by atoms with Crippen LogP contribution in [0.1, 0.15) is 24.0 Å². The van der Waals surface area contributed by atoms with Crippen LogP contribution in [0, 0.1) is 11.6 Å². The number of sulfone groups is 1. The fourth-order valence-corrected chi connectivity index (χ4v) is 5.09. The smallest absolute Gasteiger partial charge is 0.255 e. The van der Waals surface area contributed by atoms with Crippen molar-refractivity contribution in [3.8, 4) is 0 Å². The maximum absolute atomic E-state index is 14.0. The molecule has 1 aromatic carbocycles. The lowest BCUT2D eigenvalue weighted by Crippen LogP contribution is -2.32. The molecule has 3 aromatic rings. The van der Waals surface area contributed by atoms with Gasteiger partial charge in [-0.3, -0.25) is 9.36 Å². The summed E-state index contributed by atoms with van der Waals surface area (Å²) in [5.74, 6) is -0.812. The molecule has 30 heavy (non-hydrogen) atoms. The number of nitrogens with zero attached hydrogens (tertiary/aromatic N) is 3. The molecule has 0 amide bonds. The molecule has 0 aliphatic carbocycles. The van der Waals surface area contributed by atoms with Crippen molar-refractivity contribution < 1.29 is 17.2 Å². The second-order valence-corrected chi connectivity index (χ2v) is 9.79. The van der Waals surface area contributed by atoms with Crippen LogP contribution in [0.3, 0.4) is 0 Å². The Hall–Kier alpha value is -2.88. The lowest BCUT2D eigenvalue weighted by atomic mass is 10.0. The number of hydrogen-bond donors (Lipinski definition) is 1. The average molecular weight is 434 g/mol. The van der Waals surface area contributed by atoms with Crippen molar-refractivity contribution in [2.45, 2.75) is 25.3 Å². The quantitative estimate of drug-likeness (QED) is 0.677. The number of hydrogen-bond acceptors (Lipinski definition) is 6. The Bertz CT molecular complexity index is 1280. The Kier molecular flexibility index (Phi) is 5.27. The molecule has 0 saturated carbocycles. The van der Waals surface area contributed by atoms with Gasteiger partial charge in [-0.2, -0.15) is 4.98 Å². The maximum atomic E-state index is 14.0. The van der Waals surface area contributed by atoms with E-state index in [0.717, 1.165) is 12.1 Å². The lowest BCUT2D eigenvalue weighted by Gasteiger charge is -2.23. The van der Waals surface area contributed by atoms with Crippen LogP contribution in [0.4, 0.5) is 14.7 Å². The number of anilines is 1. The van der Waals surface area contributed by atoms with E-state index in [-0.39, 0.29) is 35.1 Å². The predicted molar refractivity (Wildman–Crippen MR) is 109 cm³/mol. The molecule has 3 heterocycles. The van der Waals surface area contributed by atoms with Crippen LogP contribution in [0.2, 0.25) is 0 Å². The van der Waals surface area contributed by atoms with E-state index in [4.69, 9.17) is 0 Å². The predicted octanol–water partition coefficient (Wildman–Crippen LogP) is 2.19. The Morgan fingerprint density at radius 2 is 1.90 bits per heavy atom. The van der Waals surface area contributed by atoms with Crippen molar-refractivity contribution >= 4 is 26.8 Å². The van der Waals surface area contributed by atoms with Crippen molar-refractivity contribution in [1.29, 1.82) is 0 Å². The van der Waals surface area contributed by atoms with Gasteiger partial charge in [0.2, 0.25) is 5.95 Å². The normalized spacial score (nSPS) is 16.6. The molecule has 2 aromatic heterocycles. The van der Waals surface area contributed by atoms with Crippen molar-refractivity contribution in [2.75, 3.05) is 16.8 Å². The van der Waals surface area contributed by atoms with Gasteiger partial charge in [0.1, 0.15) is 27.1 Å². The van der Waals surface area contributed by atoms with Gasteiger partial charge in [0.25, 0.3) is 5.56 Å². The van der Waals surface area contributed by atoms with Gasteiger partial charge in [-0.05, 0) is 30.5 Å². The van der Waals surface area contributed by atoms with Gasteiger partial charge in [0.15, 0.2) is 0 Å². The summed E-state index contributed by atoms with van der Waals surface area (Å²) in [6.07, 6.45) is 2.54. The van der Waals surface area contributed by atoms with Gasteiger partial charge in [0, 0.05) is 42.7 Å². The third kappa shape index (κ3) is 4.18. The van der Waals surface area contributed by atoms with E-state index in [9.17, 15) is 22.0 Å². The summed E-state index contributed by atoms with van der Waals surface area (Å²) in [4.78, 5) is 21.4. The topological polar surface area (TPSA) is 94.0 Å². The molecule has 1 aliphatic rings. The molecular formula is C20H20F2N4O3S. The van der Waals surface area contributed by atoms with E-state index < -0.39 is 21.5 Å². The molecule has 1 saturated heterocycles. The molecule has 0 unspecified atom stereocenters. The Labute approximate surface area is 171 Å². The highest BCUT2D eigenvalue weighted by Gasteiger charge is 2.24. The average Bonchev–Trinajstić information content (AvgIpc) is 2.70. The van der Waals surface area contributed by atoms with E-state index in [2.05, 4.69) is 15.3 Å². The summed E-state index contributed by atoms with van der Waals surface area (Å²) in [5.41, 5.74) is 0.639. The first-order chi connectivity index (χ1) is 14.2. The van der Waals surface area contributed by atoms with Crippen LogP contribution in [-0.4, -0.2) is 40.5 Å². The minimum Gasteiger partial charge on any atom is -0.351 e. The molecule has 158 valence electrons. The second-order valence-electron chi connectivity index (χ2n) is 7.49. The SMILES string of the molecule is Cn1c(=O)c(Cc2ccc(F)cc2F)cc2cnc(NC3CCS(=O)(=O)CC3)nc21. The number of halogens is 2. The van der Waals surface area contributed by atoms with Crippen molar-refractivity contribution in [3.63, 3.8) is 0 Å².